The maximum atomic E-state index is 9.17. The van der Waals surface area contributed by atoms with Crippen LogP contribution in [-0.2, 0) is 0 Å². The van der Waals surface area contributed by atoms with Gasteiger partial charge in [0.05, 0.1) is 11.0 Å². The van der Waals surface area contributed by atoms with Crippen LogP contribution in [0.3, 0.4) is 0 Å². The molecule has 8 aromatic rings. The lowest BCUT2D eigenvalue weighted by molar-refractivity contribution is 0.669. The van der Waals surface area contributed by atoms with Crippen molar-refractivity contribution in [3.63, 3.8) is 0 Å². The van der Waals surface area contributed by atoms with Gasteiger partial charge in [-0.2, -0.15) is 0 Å². The number of furan rings is 1. The molecule has 1 heteroatoms. The molecular weight excluding hydrogens is 472 g/mol. The van der Waals surface area contributed by atoms with Gasteiger partial charge in [-0.15, -0.1) is 0 Å². The SMILES string of the molecule is [2H]c1c([2H])c([2H])c2c(-c3cccc(-c4cccc5oc6ccccc6c45)c3)c3c([2H])c([2H])c([2H])c([2H])c3c(-c3ccccc3)c2c1[2H]. The lowest BCUT2D eigenvalue weighted by Gasteiger charge is -2.18. The Labute approximate surface area is 237 Å². The van der Waals surface area contributed by atoms with Crippen LogP contribution in [0.4, 0.5) is 0 Å². The predicted octanol–water partition coefficient (Wildman–Crippen LogP) is 10.9. The van der Waals surface area contributed by atoms with E-state index in [1.54, 1.807) is 24.3 Å². The van der Waals surface area contributed by atoms with Crippen molar-refractivity contribution in [1.29, 1.82) is 0 Å². The maximum absolute atomic E-state index is 9.17. The van der Waals surface area contributed by atoms with Gasteiger partial charge in [-0.3, -0.25) is 0 Å². The van der Waals surface area contributed by atoms with Gasteiger partial charge in [0.25, 0.3) is 0 Å². The summed E-state index contributed by atoms with van der Waals surface area (Å²) in [6.07, 6.45) is 0. The van der Waals surface area contributed by atoms with Gasteiger partial charge in [0.1, 0.15) is 11.2 Å². The molecule has 0 N–H and O–H groups in total. The molecule has 0 atom stereocenters. The minimum atomic E-state index is -0.422. The molecule has 8 rings (SSSR count). The highest BCUT2D eigenvalue weighted by Crippen LogP contribution is 2.44. The molecule has 0 amide bonds. The molecule has 0 saturated heterocycles. The third-order valence-corrected chi connectivity index (χ3v) is 7.30. The number of hydrogen-bond donors (Lipinski definition) is 0. The Morgan fingerprint density at radius 2 is 0.974 bits per heavy atom. The van der Waals surface area contributed by atoms with Crippen molar-refractivity contribution in [2.45, 2.75) is 0 Å². The summed E-state index contributed by atoms with van der Waals surface area (Å²) < 4.78 is 77.2. The Kier molecular flexibility index (Phi) is 3.42. The van der Waals surface area contributed by atoms with Crippen LogP contribution in [0.15, 0.2) is 150 Å². The van der Waals surface area contributed by atoms with Gasteiger partial charge in [0.15, 0.2) is 0 Å². The highest BCUT2D eigenvalue weighted by Gasteiger charge is 2.17. The maximum Gasteiger partial charge on any atom is 0.136 e. The average molecular weight is 505 g/mol. The first-order valence-corrected chi connectivity index (χ1v) is 12.7. The van der Waals surface area contributed by atoms with E-state index in [0.717, 1.165) is 33.1 Å². The Bertz CT molecular complexity index is 2530. The molecule has 0 aliphatic heterocycles. The quantitative estimate of drug-likeness (QED) is 0.218. The smallest absolute Gasteiger partial charge is 0.136 e. The molecule has 0 saturated carbocycles. The molecule has 1 nitrogen and oxygen atoms in total. The van der Waals surface area contributed by atoms with Crippen molar-refractivity contribution in [3.05, 3.63) is 145 Å². The second kappa shape index (κ2) is 8.72. The zero-order chi connectivity index (χ0) is 32.7. The van der Waals surface area contributed by atoms with Crippen molar-refractivity contribution in [3.8, 4) is 33.4 Å². The number of rotatable bonds is 3. The monoisotopic (exact) mass is 504 g/mol. The van der Waals surface area contributed by atoms with E-state index in [4.69, 9.17) is 12.6 Å². The van der Waals surface area contributed by atoms with Gasteiger partial charge >= 0.3 is 0 Å². The minimum Gasteiger partial charge on any atom is -0.456 e. The topological polar surface area (TPSA) is 13.1 Å². The van der Waals surface area contributed by atoms with Gasteiger partial charge in [-0.1, -0.05) is 127 Å². The third-order valence-electron chi connectivity index (χ3n) is 7.30. The molecule has 1 heterocycles. The van der Waals surface area contributed by atoms with Gasteiger partial charge in [-0.25, -0.2) is 0 Å². The summed E-state index contributed by atoms with van der Waals surface area (Å²) in [6, 6.07) is 27.3. The molecule has 0 aliphatic rings. The van der Waals surface area contributed by atoms with E-state index >= 15 is 0 Å². The van der Waals surface area contributed by atoms with Crippen LogP contribution in [0.1, 0.15) is 11.0 Å². The first-order valence-electron chi connectivity index (χ1n) is 16.7. The van der Waals surface area contributed by atoms with E-state index in [1.807, 2.05) is 72.8 Å². The number of para-hydroxylation sites is 1. The summed E-state index contributed by atoms with van der Waals surface area (Å²) in [5.74, 6) is 0. The first kappa shape index (κ1) is 15.3. The van der Waals surface area contributed by atoms with Gasteiger partial charge < -0.3 is 4.42 Å². The molecular formula is C38H24O. The molecule has 0 aliphatic carbocycles. The van der Waals surface area contributed by atoms with E-state index in [9.17, 15) is 2.74 Å². The summed E-state index contributed by atoms with van der Waals surface area (Å²) in [5, 5.41) is 2.66. The van der Waals surface area contributed by atoms with E-state index in [2.05, 4.69) is 0 Å². The number of benzene rings is 7. The summed E-state index contributed by atoms with van der Waals surface area (Å²) in [4.78, 5) is 0. The molecule has 39 heavy (non-hydrogen) atoms. The zero-order valence-electron chi connectivity index (χ0n) is 28.6. The lowest BCUT2D eigenvalue weighted by atomic mass is 9.85. The Hall–Kier alpha value is -5.14. The Morgan fingerprint density at radius 1 is 0.436 bits per heavy atom. The van der Waals surface area contributed by atoms with Crippen LogP contribution >= 0.6 is 0 Å². The summed E-state index contributed by atoms with van der Waals surface area (Å²) in [6.45, 7) is 0. The van der Waals surface area contributed by atoms with Crippen LogP contribution in [0, 0.1) is 0 Å². The van der Waals surface area contributed by atoms with Crippen molar-refractivity contribution in [2.24, 2.45) is 0 Å². The van der Waals surface area contributed by atoms with Crippen molar-refractivity contribution in [2.75, 3.05) is 0 Å². The first-order chi connectivity index (χ1) is 22.7. The van der Waals surface area contributed by atoms with Gasteiger partial charge in [-0.05, 0) is 73.1 Å². The van der Waals surface area contributed by atoms with Crippen molar-refractivity contribution in [1.82, 2.24) is 0 Å². The number of hydrogen-bond acceptors (Lipinski definition) is 1. The normalized spacial score (nSPS) is 14.5. The molecule has 1 aromatic heterocycles. The van der Waals surface area contributed by atoms with Crippen LogP contribution < -0.4 is 0 Å². The minimum absolute atomic E-state index is 0.191. The van der Waals surface area contributed by atoms with E-state index in [-0.39, 0.29) is 45.7 Å². The van der Waals surface area contributed by atoms with Gasteiger partial charge in [0.2, 0.25) is 0 Å². The van der Waals surface area contributed by atoms with Crippen LogP contribution in [0.25, 0.3) is 76.9 Å². The fraction of sp³-hybridized carbons (Fsp3) is 0. The van der Waals surface area contributed by atoms with E-state index < -0.39 is 24.2 Å². The highest BCUT2D eigenvalue weighted by atomic mass is 16.3. The number of fused-ring (bicyclic) bond motifs is 5. The van der Waals surface area contributed by atoms with Crippen molar-refractivity contribution < 1.29 is 15.4 Å². The Morgan fingerprint density at radius 3 is 1.69 bits per heavy atom. The summed E-state index contributed by atoms with van der Waals surface area (Å²) in [5.41, 5.74) is 4.98. The lowest BCUT2D eigenvalue weighted by Crippen LogP contribution is -1.91. The second-order valence-electron chi connectivity index (χ2n) is 9.47. The third kappa shape index (κ3) is 3.41. The molecule has 7 aromatic carbocycles. The molecule has 0 fully saturated rings. The molecule has 182 valence electrons. The molecule has 0 spiro atoms. The fourth-order valence-electron chi connectivity index (χ4n) is 5.66. The van der Waals surface area contributed by atoms with Gasteiger partial charge in [0, 0.05) is 10.8 Å². The van der Waals surface area contributed by atoms with Crippen LogP contribution in [0.2, 0.25) is 0 Å². The molecule has 0 unspecified atom stereocenters. The highest BCUT2D eigenvalue weighted by molar-refractivity contribution is 6.21. The summed E-state index contributed by atoms with van der Waals surface area (Å²) >= 11 is 0. The molecule has 0 radical (unpaired) electrons. The van der Waals surface area contributed by atoms with E-state index in [0.29, 0.717) is 22.3 Å². The van der Waals surface area contributed by atoms with Crippen molar-refractivity contribution >= 4 is 43.5 Å². The van der Waals surface area contributed by atoms with Crippen LogP contribution in [0.5, 0.6) is 0 Å². The average Bonchev–Trinajstić information content (AvgIpc) is 3.49. The zero-order valence-corrected chi connectivity index (χ0v) is 20.6. The second-order valence-corrected chi connectivity index (χ2v) is 9.47. The predicted molar refractivity (Wildman–Crippen MR) is 165 cm³/mol. The molecule has 0 bridgehead atoms. The fourth-order valence-corrected chi connectivity index (χ4v) is 5.66. The summed E-state index contributed by atoms with van der Waals surface area (Å²) in [7, 11) is 0. The standard InChI is InChI=1S/C38H24O/c1-2-12-25(13-3-1)36-29-16-4-6-18-31(29)37(32-19-7-5-17-30(32)36)27-15-10-14-26(24-27)28-21-11-23-35-38(28)33-20-8-9-22-34(33)39-35/h1-24H/i4D,5D,6D,7D,16D,17D,18D,19D. The Balaban J connectivity index is 1.58. The van der Waals surface area contributed by atoms with Crippen LogP contribution in [-0.4, -0.2) is 0 Å². The van der Waals surface area contributed by atoms with E-state index in [1.165, 1.54) is 0 Å². The largest absolute Gasteiger partial charge is 0.456 e.